The third-order valence-electron chi connectivity index (χ3n) is 6.18. The fourth-order valence-electron chi connectivity index (χ4n) is 4.31. The first-order valence-electron chi connectivity index (χ1n) is 11.7. The first kappa shape index (κ1) is 24.8. The van der Waals surface area contributed by atoms with Crippen LogP contribution in [0.25, 0.3) is 0 Å². The smallest absolute Gasteiger partial charge is 0.339 e. The number of hydrogen-bond acceptors (Lipinski definition) is 7. The van der Waals surface area contributed by atoms with Crippen LogP contribution in [0.2, 0.25) is 0 Å². The highest BCUT2D eigenvalue weighted by atomic mass is 16.5. The Bertz CT molecular complexity index is 1410. The fraction of sp³-hybridized carbons (Fsp3) is 0.308. The van der Waals surface area contributed by atoms with Crippen molar-refractivity contribution in [3.05, 3.63) is 86.1 Å². The fourth-order valence-corrected chi connectivity index (χ4v) is 4.31. The van der Waals surface area contributed by atoms with Crippen LogP contribution < -0.4 is 26.6 Å². The van der Waals surface area contributed by atoms with Gasteiger partial charge in [0.1, 0.15) is 17.7 Å². The quantitative estimate of drug-likeness (QED) is 0.438. The summed E-state index contributed by atoms with van der Waals surface area (Å²) in [6.45, 7) is 2.20. The van der Waals surface area contributed by atoms with Crippen molar-refractivity contribution in [1.82, 2.24) is 9.55 Å². The first-order valence-corrected chi connectivity index (χ1v) is 11.7. The Morgan fingerprint density at radius 1 is 1.14 bits per heavy atom. The number of methoxy groups -OCH3 is 1. The number of carbonyl (C=O) groups is 2. The van der Waals surface area contributed by atoms with Gasteiger partial charge in [-0.2, -0.15) is 0 Å². The minimum absolute atomic E-state index is 0.0512. The molecule has 1 amide bonds. The second kappa shape index (κ2) is 10.5. The summed E-state index contributed by atoms with van der Waals surface area (Å²) in [6.07, 6.45) is 0.430. The maximum atomic E-state index is 13.7. The number of ether oxygens (including phenoxy) is 2. The van der Waals surface area contributed by atoms with E-state index in [9.17, 15) is 19.2 Å². The number of hydrogen-bond donors (Lipinski definition) is 2. The van der Waals surface area contributed by atoms with Gasteiger partial charge < -0.3 is 15.2 Å². The molecular weight excluding hydrogens is 464 g/mol. The van der Waals surface area contributed by atoms with Crippen LogP contribution in [0.4, 0.5) is 11.5 Å². The third kappa shape index (κ3) is 4.74. The number of H-pyrrole nitrogens is 1. The average molecular weight is 493 g/mol. The molecule has 0 saturated carbocycles. The van der Waals surface area contributed by atoms with Crippen molar-refractivity contribution >= 4 is 23.4 Å². The summed E-state index contributed by atoms with van der Waals surface area (Å²) in [7, 11) is 1.51. The lowest BCUT2D eigenvalue weighted by molar-refractivity contribution is -0.120. The highest BCUT2D eigenvalue weighted by Crippen LogP contribution is 2.34. The number of rotatable bonds is 9. The number of nitrogens with two attached hydrogens (primary N) is 1. The van der Waals surface area contributed by atoms with E-state index in [4.69, 9.17) is 15.2 Å². The number of benzene rings is 2. The minimum Gasteiger partial charge on any atom is -0.496 e. The van der Waals surface area contributed by atoms with Crippen molar-refractivity contribution in [2.75, 3.05) is 17.7 Å². The molecule has 1 atom stereocenters. The van der Waals surface area contributed by atoms with Gasteiger partial charge in [0.25, 0.3) is 5.56 Å². The van der Waals surface area contributed by atoms with E-state index >= 15 is 0 Å². The summed E-state index contributed by atoms with van der Waals surface area (Å²) in [5.41, 5.74) is 6.39. The molecule has 1 aliphatic rings. The van der Waals surface area contributed by atoms with E-state index in [-0.39, 0.29) is 31.0 Å². The lowest BCUT2D eigenvalue weighted by atomic mass is 10.0. The van der Waals surface area contributed by atoms with E-state index in [1.165, 1.54) is 16.6 Å². The molecule has 10 nitrogen and oxygen atoms in total. The topological polar surface area (TPSA) is 137 Å². The van der Waals surface area contributed by atoms with E-state index < -0.39 is 29.2 Å². The van der Waals surface area contributed by atoms with Gasteiger partial charge in [-0.05, 0) is 18.6 Å². The van der Waals surface area contributed by atoms with Crippen molar-refractivity contribution in [2.24, 2.45) is 0 Å². The second-order valence-electron chi connectivity index (χ2n) is 8.48. The third-order valence-corrected chi connectivity index (χ3v) is 6.18. The second-order valence-corrected chi connectivity index (χ2v) is 8.48. The Morgan fingerprint density at radius 3 is 2.61 bits per heavy atom. The van der Waals surface area contributed by atoms with Crippen LogP contribution in [0.1, 0.15) is 53.8 Å². The van der Waals surface area contributed by atoms with Gasteiger partial charge in [-0.15, -0.1) is 0 Å². The van der Waals surface area contributed by atoms with Gasteiger partial charge in [0, 0.05) is 17.7 Å². The van der Waals surface area contributed by atoms with E-state index in [1.54, 1.807) is 48.5 Å². The summed E-state index contributed by atoms with van der Waals surface area (Å²) < 4.78 is 12.1. The normalized spacial score (nSPS) is 14.3. The van der Waals surface area contributed by atoms with Crippen LogP contribution in [0.3, 0.4) is 0 Å². The molecule has 1 aliphatic heterocycles. The zero-order valence-corrected chi connectivity index (χ0v) is 20.2. The summed E-state index contributed by atoms with van der Waals surface area (Å²) >= 11 is 0. The number of nitrogens with one attached hydrogen (secondary N) is 1. The van der Waals surface area contributed by atoms with Crippen LogP contribution in [0.5, 0.6) is 5.75 Å². The van der Waals surface area contributed by atoms with E-state index in [0.717, 1.165) is 6.42 Å². The largest absolute Gasteiger partial charge is 0.496 e. The highest BCUT2D eigenvalue weighted by molar-refractivity contribution is 5.98. The molecule has 2 aromatic carbocycles. The number of esters is 1. The van der Waals surface area contributed by atoms with Gasteiger partial charge in [-0.3, -0.25) is 24.0 Å². The minimum atomic E-state index is -0.812. The zero-order chi connectivity index (χ0) is 25.8. The van der Waals surface area contributed by atoms with Crippen molar-refractivity contribution in [2.45, 2.75) is 45.4 Å². The lowest BCUT2D eigenvalue weighted by Gasteiger charge is -2.26. The predicted octanol–water partition coefficient (Wildman–Crippen LogP) is 2.76. The van der Waals surface area contributed by atoms with Crippen molar-refractivity contribution in [1.29, 1.82) is 0 Å². The number of carbonyl (C=O) groups excluding carboxylic acids is 2. The SMILES string of the molecule is CCCCn1c(N)c(N(Cc2ccccc2OC)C(=O)C[C@H]2OC(=O)c3ccccc32)c(=O)[nH]c1=O. The van der Waals surface area contributed by atoms with Crippen LogP contribution in [0, 0.1) is 0 Å². The van der Waals surface area contributed by atoms with Crippen LogP contribution >= 0.6 is 0 Å². The molecule has 36 heavy (non-hydrogen) atoms. The Kier molecular flexibility index (Phi) is 7.23. The molecule has 3 aromatic rings. The number of aromatic amines is 1. The number of para-hydroxylation sites is 1. The Morgan fingerprint density at radius 2 is 1.86 bits per heavy atom. The molecule has 0 aliphatic carbocycles. The number of fused-ring (bicyclic) bond motifs is 1. The Hall–Kier alpha value is -4.34. The highest BCUT2D eigenvalue weighted by Gasteiger charge is 2.35. The summed E-state index contributed by atoms with van der Waals surface area (Å²) in [5, 5.41) is 0. The molecule has 3 N–H and O–H groups in total. The number of unbranched alkanes of at least 4 members (excludes halogenated alkanes) is 1. The number of nitrogen functional groups attached to an aromatic ring is 1. The molecule has 0 saturated heterocycles. The van der Waals surface area contributed by atoms with E-state index in [0.29, 0.717) is 28.9 Å². The van der Waals surface area contributed by atoms with E-state index in [2.05, 4.69) is 4.98 Å². The number of anilines is 2. The molecule has 0 unspecified atom stereocenters. The van der Waals surface area contributed by atoms with Gasteiger partial charge in [0.2, 0.25) is 5.91 Å². The maximum absolute atomic E-state index is 13.7. The monoisotopic (exact) mass is 492 g/mol. The van der Waals surface area contributed by atoms with Gasteiger partial charge in [-0.25, -0.2) is 9.59 Å². The summed E-state index contributed by atoms with van der Waals surface area (Å²) in [5.74, 6) is -0.607. The molecule has 0 fully saturated rings. The van der Waals surface area contributed by atoms with Crippen LogP contribution in [-0.2, 0) is 22.6 Å². The standard InChI is InChI=1S/C26H28N4O6/c1-3-4-13-29-23(27)22(24(32)28-26(29)34)30(15-16-9-5-8-12-19(16)35-2)21(31)14-20-17-10-6-7-11-18(17)25(33)36-20/h5-12,20H,3-4,13-15,27H2,1-2H3,(H,28,32,34)/t20-/m1/s1. The van der Waals surface area contributed by atoms with Crippen molar-refractivity contribution < 1.29 is 19.1 Å². The van der Waals surface area contributed by atoms with Crippen LogP contribution in [0.15, 0.2) is 58.1 Å². The molecule has 0 spiro atoms. The molecule has 0 radical (unpaired) electrons. The zero-order valence-electron chi connectivity index (χ0n) is 20.2. The first-order chi connectivity index (χ1) is 17.3. The number of nitrogens with zero attached hydrogens (tertiary/aromatic N) is 2. The van der Waals surface area contributed by atoms with Gasteiger partial charge in [0.05, 0.1) is 25.6 Å². The molecule has 188 valence electrons. The van der Waals surface area contributed by atoms with Crippen molar-refractivity contribution in [3.63, 3.8) is 0 Å². The maximum Gasteiger partial charge on any atom is 0.339 e. The van der Waals surface area contributed by atoms with E-state index in [1.807, 2.05) is 6.92 Å². The number of amides is 1. The number of cyclic esters (lactones) is 1. The van der Waals surface area contributed by atoms with Gasteiger partial charge in [-0.1, -0.05) is 49.7 Å². The predicted molar refractivity (Wildman–Crippen MR) is 134 cm³/mol. The molecule has 4 rings (SSSR count). The number of aromatic nitrogens is 2. The summed E-state index contributed by atoms with van der Waals surface area (Å²) in [6, 6.07) is 13.9. The average Bonchev–Trinajstić information content (AvgIpc) is 3.18. The lowest BCUT2D eigenvalue weighted by Crippen LogP contribution is -2.41. The van der Waals surface area contributed by atoms with Gasteiger partial charge in [0.15, 0.2) is 5.69 Å². The molecular formula is C26H28N4O6. The molecule has 2 heterocycles. The molecule has 1 aromatic heterocycles. The summed E-state index contributed by atoms with van der Waals surface area (Å²) in [4.78, 5) is 55.0. The molecule has 0 bridgehead atoms. The van der Waals surface area contributed by atoms with Crippen molar-refractivity contribution in [3.8, 4) is 5.75 Å². The van der Waals surface area contributed by atoms with Crippen LogP contribution in [-0.4, -0.2) is 28.5 Å². The Labute approximate surface area is 207 Å². The molecule has 10 heteroatoms. The Balaban J connectivity index is 1.77. The van der Waals surface area contributed by atoms with Gasteiger partial charge >= 0.3 is 11.7 Å².